The zero-order valence-electron chi connectivity index (χ0n) is 13.5. The molecule has 4 heteroatoms. The second-order valence-corrected chi connectivity index (χ2v) is 6.09. The normalized spacial score (nSPS) is 27.2. The third-order valence-corrected chi connectivity index (χ3v) is 4.70. The van der Waals surface area contributed by atoms with Crippen molar-refractivity contribution in [3.8, 4) is 11.5 Å². The fourth-order valence-corrected chi connectivity index (χ4v) is 3.45. The van der Waals surface area contributed by atoms with Crippen LogP contribution in [0.5, 0.6) is 11.5 Å². The Bertz CT molecular complexity index is 455. The lowest BCUT2D eigenvalue weighted by molar-refractivity contribution is -0.0718. The van der Waals surface area contributed by atoms with Crippen LogP contribution in [0.25, 0.3) is 0 Å². The molecule has 3 atom stereocenters. The Hall–Kier alpha value is -1.26. The molecule has 2 N–H and O–H groups in total. The molecule has 1 aromatic rings. The molecular formula is C17H27NO3. The van der Waals surface area contributed by atoms with Crippen LogP contribution in [0.15, 0.2) is 18.2 Å². The molecule has 21 heavy (non-hydrogen) atoms. The van der Waals surface area contributed by atoms with Gasteiger partial charge in [-0.05, 0) is 36.5 Å². The van der Waals surface area contributed by atoms with Crippen molar-refractivity contribution in [3.05, 3.63) is 23.8 Å². The van der Waals surface area contributed by atoms with Gasteiger partial charge in [0.2, 0.25) is 0 Å². The van der Waals surface area contributed by atoms with Gasteiger partial charge in [-0.25, -0.2) is 0 Å². The van der Waals surface area contributed by atoms with Crippen LogP contribution in [-0.2, 0) is 4.74 Å². The van der Waals surface area contributed by atoms with Gasteiger partial charge in [0.1, 0.15) is 11.5 Å². The molecule has 0 aliphatic heterocycles. The smallest absolute Gasteiger partial charge is 0.122 e. The zero-order valence-corrected chi connectivity index (χ0v) is 13.5. The Morgan fingerprint density at radius 2 is 1.76 bits per heavy atom. The summed E-state index contributed by atoms with van der Waals surface area (Å²) in [6.45, 7) is 2.27. The predicted molar refractivity (Wildman–Crippen MR) is 83.8 cm³/mol. The van der Waals surface area contributed by atoms with E-state index in [2.05, 4.69) is 6.92 Å². The molecule has 0 spiro atoms. The van der Waals surface area contributed by atoms with Gasteiger partial charge in [0, 0.05) is 13.2 Å². The highest BCUT2D eigenvalue weighted by atomic mass is 16.5. The number of hydrogen-bond donors (Lipinski definition) is 1. The minimum absolute atomic E-state index is 0.186. The summed E-state index contributed by atoms with van der Waals surface area (Å²) >= 11 is 0. The van der Waals surface area contributed by atoms with E-state index in [1.807, 2.05) is 18.2 Å². The highest BCUT2D eigenvalue weighted by Crippen LogP contribution is 2.43. The van der Waals surface area contributed by atoms with Crippen LogP contribution in [0.2, 0.25) is 0 Å². The Labute approximate surface area is 127 Å². The first kappa shape index (κ1) is 16.1. The highest BCUT2D eigenvalue weighted by molar-refractivity contribution is 5.40. The molecule has 2 rings (SSSR count). The van der Waals surface area contributed by atoms with E-state index in [-0.39, 0.29) is 11.6 Å². The Morgan fingerprint density at radius 1 is 1.14 bits per heavy atom. The van der Waals surface area contributed by atoms with Gasteiger partial charge >= 0.3 is 0 Å². The van der Waals surface area contributed by atoms with E-state index in [4.69, 9.17) is 19.9 Å². The van der Waals surface area contributed by atoms with E-state index in [9.17, 15) is 0 Å². The average Bonchev–Trinajstić information content (AvgIpc) is 2.53. The van der Waals surface area contributed by atoms with Crippen molar-refractivity contribution in [2.75, 3.05) is 21.3 Å². The molecule has 0 aromatic heterocycles. The van der Waals surface area contributed by atoms with E-state index in [0.717, 1.165) is 36.3 Å². The lowest BCUT2D eigenvalue weighted by Gasteiger charge is -2.43. The van der Waals surface area contributed by atoms with Crippen LogP contribution in [0.1, 0.15) is 44.2 Å². The molecule has 1 aliphatic carbocycles. The van der Waals surface area contributed by atoms with E-state index in [0.29, 0.717) is 5.92 Å². The van der Waals surface area contributed by atoms with Crippen LogP contribution >= 0.6 is 0 Å². The molecule has 1 fully saturated rings. The monoisotopic (exact) mass is 293 g/mol. The summed E-state index contributed by atoms with van der Waals surface area (Å²) in [5, 5.41) is 0. The Morgan fingerprint density at radius 3 is 2.24 bits per heavy atom. The molecule has 1 aliphatic rings. The Balaban J connectivity index is 2.34. The minimum atomic E-state index is -0.297. The molecular weight excluding hydrogens is 266 g/mol. The van der Waals surface area contributed by atoms with Gasteiger partial charge in [-0.3, -0.25) is 0 Å². The molecule has 0 radical (unpaired) electrons. The summed E-state index contributed by atoms with van der Waals surface area (Å²) in [4.78, 5) is 0. The van der Waals surface area contributed by atoms with Gasteiger partial charge in [-0.2, -0.15) is 0 Å². The van der Waals surface area contributed by atoms with E-state index in [1.54, 1.807) is 21.3 Å². The molecule has 1 aromatic carbocycles. The molecule has 0 saturated heterocycles. The molecule has 118 valence electrons. The minimum Gasteiger partial charge on any atom is -0.497 e. The van der Waals surface area contributed by atoms with Gasteiger partial charge in [0.25, 0.3) is 0 Å². The maximum atomic E-state index is 6.59. The third kappa shape index (κ3) is 3.33. The number of benzene rings is 1. The van der Waals surface area contributed by atoms with Crippen LogP contribution in [-0.4, -0.2) is 26.9 Å². The van der Waals surface area contributed by atoms with E-state index in [1.165, 1.54) is 6.42 Å². The average molecular weight is 293 g/mol. The van der Waals surface area contributed by atoms with Crippen molar-refractivity contribution < 1.29 is 14.2 Å². The van der Waals surface area contributed by atoms with Gasteiger partial charge in [0.05, 0.1) is 25.9 Å². The van der Waals surface area contributed by atoms with Crippen LogP contribution in [0.3, 0.4) is 0 Å². The summed E-state index contributed by atoms with van der Waals surface area (Å²) in [6, 6.07) is 5.63. The number of ether oxygens (including phenoxy) is 3. The lowest BCUT2D eigenvalue weighted by atomic mass is 9.73. The highest BCUT2D eigenvalue weighted by Gasteiger charge is 2.41. The first-order valence-corrected chi connectivity index (χ1v) is 7.58. The van der Waals surface area contributed by atoms with E-state index >= 15 is 0 Å². The summed E-state index contributed by atoms with van der Waals surface area (Å²) in [5.74, 6) is 2.15. The largest absolute Gasteiger partial charge is 0.497 e. The summed E-state index contributed by atoms with van der Waals surface area (Å²) in [5.41, 5.74) is 7.29. The molecule has 0 amide bonds. The maximum Gasteiger partial charge on any atom is 0.122 e. The Kier molecular flexibility index (Phi) is 5.12. The molecule has 0 bridgehead atoms. The number of hydrogen-bond acceptors (Lipinski definition) is 4. The maximum absolute atomic E-state index is 6.59. The number of rotatable bonds is 5. The second kappa shape index (κ2) is 6.67. The fraction of sp³-hybridized carbons (Fsp3) is 0.647. The zero-order chi connectivity index (χ0) is 15.5. The molecule has 4 nitrogen and oxygen atoms in total. The van der Waals surface area contributed by atoms with Crippen molar-refractivity contribution in [1.29, 1.82) is 0 Å². The predicted octanol–water partition coefficient (Wildman–Crippen LogP) is 3.30. The van der Waals surface area contributed by atoms with Crippen molar-refractivity contribution >= 4 is 0 Å². The molecule has 1 saturated carbocycles. The van der Waals surface area contributed by atoms with Crippen LogP contribution in [0, 0.1) is 5.92 Å². The topological polar surface area (TPSA) is 53.7 Å². The SMILES string of the molecule is COc1cc(OC)cc(C(N)C2(OC)CCCC(C)C2)c1. The summed E-state index contributed by atoms with van der Waals surface area (Å²) < 4.78 is 16.6. The second-order valence-electron chi connectivity index (χ2n) is 6.09. The van der Waals surface area contributed by atoms with Gasteiger partial charge in [-0.15, -0.1) is 0 Å². The quantitative estimate of drug-likeness (QED) is 0.905. The fourth-order valence-electron chi connectivity index (χ4n) is 3.45. The van der Waals surface area contributed by atoms with Crippen molar-refractivity contribution in [3.63, 3.8) is 0 Å². The van der Waals surface area contributed by atoms with Crippen molar-refractivity contribution in [1.82, 2.24) is 0 Å². The van der Waals surface area contributed by atoms with Gasteiger partial charge < -0.3 is 19.9 Å². The summed E-state index contributed by atoms with van der Waals surface area (Å²) in [6.07, 6.45) is 4.39. The van der Waals surface area contributed by atoms with Gasteiger partial charge in [0.15, 0.2) is 0 Å². The molecule has 3 unspecified atom stereocenters. The van der Waals surface area contributed by atoms with E-state index < -0.39 is 0 Å². The van der Waals surface area contributed by atoms with Crippen LogP contribution < -0.4 is 15.2 Å². The number of nitrogens with two attached hydrogens (primary N) is 1. The third-order valence-electron chi connectivity index (χ3n) is 4.70. The summed E-state index contributed by atoms with van der Waals surface area (Å²) in [7, 11) is 5.08. The van der Waals surface area contributed by atoms with Crippen molar-refractivity contribution in [2.45, 2.75) is 44.2 Å². The lowest BCUT2D eigenvalue weighted by Crippen LogP contribution is -2.46. The van der Waals surface area contributed by atoms with Crippen molar-refractivity contribution in [2.24, 2.45) is 11.7 Å². The first-order valence-electron chi connectivity index (χ1n) is 7.58. The van der Waals surface area contributed by atoms with Crippen LogP contribution in [0.4, 0.5) is 0 Å². The molecule has 0 heterocycles. The van der Waals surface area contributed by atoms with Gasteiger partial charge in [-0.1, -0.05) is 19.8 Å². The standard InChI is InChI=1S/C17H27NO3/c1-12-6-5-7-17(11-12,21-4)16(18)13-8-14(19-2)10-15(9-13)20-3/h8-10,12,16H,5-7,11,18H2,1-4H3. The first-order chi connectivity index (χ1) is 10.0. The number of methoxy groups -OCH3 is 3.